The van der Waals surface area contributed by atoms with Crippen LogP contribution in [-0.4, -0.2) is 12.3 Å². The molecule has 0 aromatic carbocycles. The summed E-state index contributed by atoms with van der Waals surface area (Å²) in [5, 5.41) is 0. The van der Waals surface area contributed by atoms with E-state index >= 15 is 0 Å². The van der Waals surface area contributed by atoms with Gasteiger partial charge in [-0.05, 0) is 25.3 Å². The van der Waals surface area contributed by atoms with E-state index in [9.17, 15) is 4.79 Å². The summed E-state index contributed by atoms with van der Waals surface area (Å²) < 4.78 is 0. The molecule has 0 aliphatic heterocycles. The van der Waals surface area contributed by atoms with Crippen LogP contribution < -0.4 is 5.73 Å². The molecule has 1 aliphatic carbocycles. The van der Waals surface area contributed by atoms with Gasteiger partial charge >= 0.3 is 0 Å². The van der Waals surface area contributed by atoms with Crippen LogP contribution in [0.4, 0.5) is 0 Å². The van der Waals surface area contributed by atoms with Gasteiger partial charge in [-0.1, -0.05) is 32.6 Å². The lowest BCUT2D eigenvalue weighted by molar-refractivity contribution is -0.123. The van der Waals surface area contributed by atoms with Crippen molar-refractivity contribution in [1.82, 2.24) is 0 Å². The Balaban J connectivity index is 2.18. The largest absolute Gasteiger partial charge is 0.330 e. The highest BCUT2D eigenvalue weighted by atomic mass is 16.1. The molecule has 1 unspecified atom stereocenters. The lowest BCUT2D eigenvalue weighted by Gasteiger charge is -2.13. The first-order valence-electron chi connectivity index (χ1n) is 5.96. The van der Waals surface area contributed by atoms with E-state index in [0.717, 1.165) is 19.3 Å². The maximum atomic E-state index is 11.8. The summed E-state index contributed by atoms with van der Waals surface area (Å²) in [6.45, 7) is 2.76. The van der Waals surface area contributed by atoms with E-state index in [2.05, 4.69) is 0 Å². The minimum absolute atomic E-state index is 0.235. The molecule has 0 aromatic heterocycles. The van der Waals surface area contributed by atoms with Crippen LogP contribution in [-0.2, 0) is 4.79 Å². The van der Waals surface area contributed by atoms with Gasteiger partial charge in [-0.25, -0.2) is 0 Å². The molecule has 0 bridgehead atoms. The molecule has 14 heavy (non-hydrogen) atoms. The predicted molar refractivity (Wildman–Crippen MR) is 59.0 cm³/mol. The monoisotopic (exact) mass is 197 g/mol. The molecule has 0 radical (unpaired) electrons. The van der Waals surface area contributed by atoms with Crippen LogP contribution in [0.5, 0.6) is 0 Å². The number of ketones is 1. The van der Waals surface area contributed by atoms with Crippen LogP contribution in [0.1, 0.15) is 51.9 Å². The summed E-state index contributed by atoms with van der Waals surface area (Å²) in [5.41, 5.74) is 5.43. The summed E-state index contributed by atoms with van der Waals surface area (Å²) in [7, 11) is 0. The van der Waals surface area contributed by atoms with Crippen LogP contribution in [0.3, 0.4) is 0 Å². The molecule has 1 rings (SSSR count). The van der Waals surface area contributed by atoms with Crippen LogP contribution in [0.15, 0.2) is 0 Å². The van der Waals surface area contributed by atoms with Crippen LogP contribution >= 0.6 is 0 Å². The summed E-state index contributed by atoms with van der Waals surface area (Å²) in [5.74, 6) is 1.40. The third kappa shape index (κ3) is 3.79. The zero-order valence-electron chi connectivity index (χ0n) is 9.30. The number of nitrogens with two attached hydrogens (primary N) is 1. The highest BCUT2D eigenvalue weighted by Gasteiger charge is 2.21. The molecule has 2 N–H and O–H groups in total. The van der Waals surface area contributed by atoms with Crippen molar-refractivity contribution in [3.05, 3.63) is 0 Å². The first-order valence-corrected chi connectivity index (χ1v) is 5.96. The smallest absolute Gasteiger partial charge is 0.135 e. The molecule has 82 valence electrons. The number of carbonyl (C=O) groups excluding carboxylic acids is 1. The van der Waals surface area contributed by atoms with Crippen molar-refractivity contribution in [3.63, 3.8) is 0 Å². The quantitative estimate of drug-likeness (QED) is 0.711. The maximum absolute atomic E-state index is 11.8. The Bertz CT molecular complexity index is 173. The van der Waals surface area contributed by atoms with Crippen LogP contribution in [0, 0.1) is 11.8 Å². The zero-order valence-corrected chi connectivity index (χ0v) is 9.30. The second-order valence-electron chi connectivity index (χ2n) is 4.65. The molecule has 0 saturated heterocycles. The van der Waals surface area contributed by atoms with Gasteiger partial charge in [0.05, 0.1) is 0 Å². The van der Waals surface area contributed by atoms with Gasteiger partial charge in [-0.15, -0.1) is 0 Å². The van der Waals surface area contributed by atoms with Crippen molar-refractivity contribution < 1.29 is 4.79 Å². The Morgan fingerprint density at radius 3 is 2.64 bits per heavy atom. The third-order valence-electron chi connectivity index (χ3n) is 3.36. The lowest BCUT2D eigenvalue weighted by Crippen LogP contribution is -2.15. The van der Waals surface area contributed by atoms with Crippen molar-refractivity contribution in [2.24, 2.45) is 17.6 Å². The molecular weight excluding hydrogens is 174 g/mol. The fourth-order valence-corrected chi connectivity index (χ4v) is 2.29. The Kier molecular flexibility index (Phi) is 5.16. The van der Waals surface area contributed by atoms with Gasteiger partial charge in [0.25, 0.3) is 0 Å². The highest BCUT2D eigenvalue weighted by Crippen LogP contribution is 2.29. The van der Waals surface area contributed by atoms with E-state index < -0.39 is 0 Å². The molecule has 1 fully saturated rings. The van der Waals surface area contributed by atoms with Crippen LogP contribution in [0.2, 0.25) is 0 Å². The molecule has 0 heterocycles. The van der Waals surface area contributed by atoms with Gasteiger partial charge in [-0.2, -0.15) is 0 Å². The number of hydrogen-bond donors (Lipinski definition) is 1. The topological polar surface area (TPSA) is 43.1 Å². The second-order valence-corrected chi connectivity index (χ2v) is 4.65. The summed E-state index contributed by atoms with van der Waals surface area (Å²) in [6.07, 6.45) is 7.99. The molecule has 0 spiro atoms. The summed E-state index contributed by atoms with van der Waals surface area (Å²) in [4.78, 5) is 11.8. The molecule has 0 amide bonds. The van der Waals surface area contributed by atoms with Gasteiger partial charge in [0.1, 0.15) is 5.78 Å². The van der Waals surface area contributed by atoms with E-state index in [0.29, 0.717) is 18.2 Å². The average Bonchev–Trinajstić information content (AvgIpc) is 2.66. The Hall–Kier alpha value is -0.370. The van der Waals surface area contributed by atoms with Gasteiger partial charge in [-0.3, -0.25) is 4.79 Å². The molecule has 0 aromatic rings. The first kappa shape index (κ1) is 11.7. The Morgan fingerprint density at radius 1 is 1.43 bits per heavy atom. The van der Waals surface area contributed by atoms with E-state index in [1.807, 2.05) is 6.92 Å². The molecule has 2 nitrogen and oxygen atoms in total. The lowest BCUT2D eigenvalue weighted by atomic mass is 9.92. The minimum Gasteiger partial charge on any atom is -0.330 e. The van der Waals surface area contributed by atoms with E-state index in [1.54, 1.807) is 0 Å². The summed E-state index contributed by atoms with van der Waals surface area (Å²) in [6, 6.07) is 0. The fraction of sp³-hybridized carbons (Fsp3) is 0.917. The summed E-state index contributed by atoms with van der Waals surface area (Å²) >= 11 is 0. The minimum atomic E-state index is 0.235. The van der Waals surface area contributed by atoms with Crippen molar-refractivity contribution in [2.75, 3.05) is 6.54 Å². The Morgan fingerprint density at radius 2 is 2.07 bits per heavy atom. The molecule has 1 atom stereocenters. The molecule has 1 aliphatic rings. The molecular formula is C12H23NO. The number of Topliss-reactive ketones (excluding diaryl/α,β-unsaturated/α-hetero) is 1. The number of carbonyl (C=O) groups is 1. The van der Waals surface area contributed by atoms with Crippen molar-refractivity contribution in [2.45, 2.75) is 51.9 Å². The van der Waals surface area contributed by atoms with Gasteiger partial charge < -0.3 is 5.73 Å². The van der Waals surface area contributed by atoms with Gasteiger partial charge in [0.15, 0.2) is 0 Å². The van der Waals surface area contributed by atoms with Gasteiger partial charge in [0.2, 0.25) is 0 Å². The maximum Gasteiger partial charge on any atom is 0.135 e. The zero-order chi connectivity index (χ0) is 10.4. The second kappa shape index (κ2) is 6.18. The van der Waals surface area contributed by atoms with E-state index in [-0.39, 0.29) is 5.92 Å². The van der Waals surface area contributed by atoms with Gasteiger partial charge in [0, 0.05) is 12.3 Å². The predicted octanol–water partition coefficient (Wildman–Crippen LogP) is 2.51. The van der Waals surface area contributed by atoms with Crippen LogP contribution in [0.25, 0.3) is 0 Å². The SMILES string of the molecule is CC(CCCN)C(=O)CC1CCCC1. The fourth-order valence-electron chi connectivity index (χ4n) is 2.29. The first-order chi connectivity index (χ1) is 6.74. The van der Waals surface area contributed by atoms with E-state index in [1.165, 1.54) is 25.7 Å². The standard InChI is InChI=1S/C12H23NO/c1-10(5-4-8-13)12(14)9-11-6-2-3-7-11/h10-11H,2-9,13H2,1H3. The van der Waals surface area contributed by atoms with E-state index in [4.69, 9.17) is 5.73 Å². The van der Waals surface area contributed by atoms with Crippen molar-refractivity contribution >= 4 is 5.78 Å². The molecule has 1 saturated carbocycles. The number of hydrogen-bond acceptors (Lipinski definition) is 2. The third-order valence-corrected chi connectivity index (χ3v) is 3.36. The number of rotatable bonds is 6. The normalized spacial score (nSPS) is 19.9. The Labute approximate surface area is 87.2 Å². The molecule has 2 heteroatoms. The van der Waals surface area contributed by atoms with Crippen molar-refractivity contribution in [3.8, 4) is 0 Å². The average molecular weight is 197 g/mol. The van der Waals surface area contributed by atoms with Crippen molar-refractivity contribution in [1.29, 1.82) is 0 Å². The highest BCUT2D eigenvalue weighted by molar-refractivity contribution is 5.80.